The maximum Gasteiger partial charge on any atom is 0.0912 e. The van der Waals surface area contributed by atoms with Crippen molar-refractivity contribution >= 4 is 12.4 Å². The first-order valence-corrected chi connectivity index (χ1v) is 8.58. The van der Waals surface area contributed by atoms with E-state index in [0.29, 0.717) is 6.42 Å². The number of halogens is 2. The average Bonchev–Trinajstić information content (AvgIpc) is 2.98. The Morgan fingerprint density at radius 3 is 2.54 bits per heavy atom. The van der Waals surface area contributed by atoms with Gasteiger partial charge in [-0.1, -0.05) is 42.5 Å². The number of benzene rings is 2. The SMILES string of the molecule is Cl.FCC[C@H](c1ccc2c(c1)Cc1ccccc1-2)N1CCNCC1. The lowest BCUT2D eigenvalue weighted by Gasteiger charge is -2.35. The highest BCUT2D eigenvalue weighted by Gasteiger charge is 2.24. The Hall–Kier alpha value is -1.42. The van der Waals surface area contributed by atoms with Gasteiger partial charge >= 0.3 is 0 Å². The van der Waals surface area contributed by atoms with Crippen LogP contribution in [0.15, 0.2) is 42.5 Å². The zero-order valence-electron chi connectivity index (χ0n) is 13.8. The highest BCUT2D eigenvalue weighted by atomic mass is 35.5. The van der Waals surface area contributed by atoms with Gasteiger partial charge in [0.1, 0.15) is 0 Å². The summed E-state index contributed by atoms with van der Waals surface area (Å²) in [7, 11) is 0. The summed E-state index contributed by atoms with van der Waals surface area (Å²) in [6, 6.07) is 15.6. The van der Waals surface area contributed by atoms with Crippen molar-refractivity contribution in [3.8, 4) is 11.1 Å². The van der Waals surface area contributed by atoms with Crippen LogP contribution in [0.4, 0.5) is 4.39 Å². The van der Waals surface area contributed by atoms with Gasteiger partial charge in [-0.05, 0) is 40.7 Å². The molecule has 128 valence electrons. The van der Waals surface area contributed by atoms with Crippen molar-refractivity contribution in [1.82, 2.24) is 10.2 Å². The third-order valence-electron chi connectivity index (χ3n) is 5.18. The second kappa shape index (κ2) is 7.64. The molecule has 2 aliphatic rings. The molecule has 0 unspecified atom stereocenters. The van der Waals surface area contributed by atoms with Crippen molar-refractivity contribution in [2.45, 2.75) is 18.9 Å². The second-order valence-corrected chi connectivity index (χ2v) is 6.53. The van der Waals surface area contributed by atoms with Crippen LogP contribution in [0.2, 0.25) is 0 Å². The first-order chi connectivity index (χ1) is 11.4. The van der Waals surface area contributed by atoms with Crippen LogP contribution in [0.1, 0.15) is 29.2 Å². The van der Waals surface area contributed by atoms with Crippen LogP contribution < -0.4 is 5.32 Å². The molecule has 1 heterocycles. The van der Waals surface area contributed by atoms with E-state index in [4.69, 9.17) is 0 Å². The molecule has 0 saturated carbocycles. The Morgan fingerprint density at radius 1 is 1.00 bits per heavy atom. The zero-order chi connectivity index (χ0) is 15.6. The summed E-state index contributed by atoms with van der Waals surface area (Å²) in [6.45, 7) is 3.74. The summed E-state index contributed by atoms with van der Waals surface area (Å²) >= 11 is 0. The van der Waals surface area contributed by atoms with Crippen LogP contribution in [0.25, 0.3) is 11.1 Å². The Morgan fingerprint density at radius 2 is 1.75 bits per heavy atom. The fourth-order valence-electron chi connectivity index (χ4n) is 4.03. The van der Waals surface area contributed by atoms with Crippen molar-refractivity contribution in [2.24, 2.45) is 0 Å². The van der Waals surface area contributed by atoms with Gasteiger partial charge in [0.05, 0.1) is 6.67 Å². The van der Waals surface area contributed by atoms with Gasteiger partial charge in [0.15, 0.2) is 0 Å². The number of nitrogens with zero attached hydrogens (tertiary/aromatic N) is 1. The quantitative estimate of drug-likeness (QED) is 0.768. The van der Waals surface area contributed by atoms with E-state index >= 15 is 0 Å². The molecule has 1 fully saturated rings. The molecule has 1 N–H and O–H groups in total. The largest absolute Gasteiger partial charge is 0.314 e. The number of nitrogens with one attached hydrogen (secondary N) is 1. The molecule has 0 aromatic heterocycles. The third-order valence-corrected chi connectivity index (χ3v) is 5.18. The van der Waals surface area contributed by atoms with Crippen LogP contribution >= 0.6 is 12.4 Å². The average molecular weight is 347 g/mol. The summed E-state index contributed by atoms with van der Waals surface area (Å²) in [5.74, 6) is 0. The molecule has 0 amide bonds. The van der Waals surface area contributed by atoms with Gasteiger partial charge < -0.3 is 5.32 Å². The second-order valence-electron chi connectivity index (χ2n) is 6.53. The first-order valence-electron chi connectivity index (χ1n) is 8.58. The van der Waals surface area contributed by atoms with Crippen molar-refractivity contribution in [1.29, 1.82) is 0 Å². The predicted molar refractivity (Wildman–Crippen MR) is 99.7 cm³/mol. The topological polar surface area (TPSA) is 15.3 Å². The number of rotatable bonds is 4. The Bertz CT molecular complexity index is 698. The van der Waals surface area contributed by atoms with E-state index < -0.39 is 0 Å². The number of alkyl halides is 1. The molecule has 0 bridgehead atoms. The van der Waals surface area contributed by atoms with Crippen LogP contribution in [0.5, 0.6) is 0 Å². The maximum atomic E-state index is 13.1. The molecule has 1 aliphatic heterocycles. The fraction of sp³-hybridized carbons (Fsp3) is 0.400. The van der Waals surface area contributed by atoms with Crippen LogP contribution in [0.3, 0.4) is 0 Å². The molecule has 1 saturated heterocycles. The minimum atomic E-state index is -0.258. The standard InChI is InChI=1S/C20H23FN2.ClH/c21-8-7-20(23-11-9-22-10-12-23)16-5-6-19-17(14-16)13-15-3-1-2-4-18(15)19;/h1-6,14,20,22H,7-13H2;1H/t20-;/m1./s1. The van der Waals surface area contributed by atoms with E-state index in [9.17, 15) is 4.39 Å². The molecule has 4 heteroatoms. The smallest absolute Gasteiger partial charge is 0.0912 e. The number of hydrogen-bond acceptors (Lipinski definition) is 2. The Labute approximate surface area is 149 Å². The van der Waals surface area contributed by atoms with E-state index in [1.54, 1.807) is 0 Å². The molecular weight excluding hydrogens is 323 g/mol. The van der Waals surface area contributed by atoms with Crippen molar-refractivity contribution in [3.05, 3.63) is 59.2 Å². The van der Waals surface area contributed by atoms with Crippen LogP contribution in [-0.2, 0) is 6.42 Å². The van der Waals surface area contributed by atoms with E-state index in [2.05, 4.69) is 52.7 Å². The fourth-order valence-corrected chi connectivity index (χ4v) is 4.03. The summed E-state index contributed by atoms with van der Waals surface area (Å²) in [5.41, 5.74) is 6.78. The molecule has 2 aromatic rings. The van der Waals surface area contributed by atoms with Crippen molar-refractivity contribution in [2.75, 3.05) is 32.9 Å². The lowest BCUT2D eigenvalue weighted by Crippen LogP contribution is -2.45. The molecule has 2 aromatic carbocycles. The summed E-state index contributed by atoms with van der Waals surface area (Å²) in [6.07, 6.45) is 1.59. The molecule has 0 radical (unpaired) electrons. The summed E-state index contributed by atoms with van der Waals surface area (Å²) < 4.78 is 13.1. The molecular formula is C20H24ClFN2. The zero-order valence-corrected chi connectivity index (χ0v) is 14.6. The van der Waals surface area contributed by atoms with Gasteiger partial charge in [-0.25, -0.2) is 0 Å². The minimum absolute atomic E-state index is 0. The van der Waals surface area contributed by atoms with E-state index in [1.807, 2.05) is 0 Å². The lowest BCUT2D eigenvalue weighted by atomic mass is 9.96. The molecule has 1 atom stereocenters. The van der Waals surface area contributed by atoms with Gasteiger partial charge in [-0.3, -0.25) is 9.29 Å². The van der Waals surface area contributed by atoms with Crippen molar-refractivity contribution in [3.63, 3.8) is 0 Å². The number of hydrogen-bond donors (Lipinski definition) is 1. The molecule has 2 nitrogen and oxygen atoms in total. The number of piperazine rings is 1. The Balaban J connectivity index is 0.00000169. The Kier molecular flexibility index (Phi) is 5.54. The first kappa shape index (κ1) is 17.4. The van der Waals surface area contributed by atoms with Crippen molar-refractivity contribution < 1.29 is 4.39 Å². The van der Waals surface area contributed by atoms with Gasteiger partial charge in [-0.15, -0.1) is 12.4 Å². The molecule has 0 spiro atoms. The van der Waals surface area contributed by atoms with E-state index in [-0.39, 0.29) is 25.1 Å². The van der Waals surface area contributed by atoms with Crippen LogP contribution in [-0.4, -0.2) is 37.8 Å². The highest BCUT2D eigenvalue weighted by Crippen LogP contribution is 2.38. The van der Waals surface area contributed by atoms with Gasteiger partial charge in [-0.2, -0.15) is 0 Å². The van der Waals surface area contributed by atoms with E-state index in [1.165, 1.54) is 27.8 Å². The molecule has 1 aliphatic carbocycles. The van der Waals surface area contributed by atoms with Crippen LogP contribution in [0, 0.1) is 0 Å². The van der Waals surface area contributed by atoms with Gasteiger partial charge in [0, 0.05) is 32.2 Å². The monoisotopic (exact) mass is 346 g/mol. The predicted octanol–water partition coefficient (Wildman–Crippen LogP) is 3.99. The van der Waals surface area contributed by atoms with Gasteiger partial charge in [0.25, 0.3) is 0 Å². The van der Waals surface area contributed by atoms with E-state index in [0.717, 1.165) is 32.6 Å². The highest BCUT2D eigenvalue weighted by molar-refractivity contribution is 5.85. The minimum Gasteiger partial charge on any atom is -0.314 e. The normalized spacial score (nSPS) is 17.7. The maximum absolute atomic E-state index is 13.1. The lowest BCUT2D eigenvalue weighted by molar-refractivity contribution is 0.157. The summed E-state index contributed by atoms with van der Waals surface area (Å²) in [5, 5.41) is 3.38. The molecule has 4 rings (SSSR count). The van der Waals surface area contributed by atoms with Gasteiger partial charge in [0.2, 0.25) is 0 Å². The number of fused-ring (bicyclic) bond motifs is 3. The molecule has 24 heavy (non-hydrogen) atoms. The third kappa shape index (κ3) is 3.21. The summed E-state index contributed by atoms with van der Waals surface area (Å²) in [4.78, 5) is 2.43.